The molecule has 0 fully saturated rings. The van der Waals surface area contributed by atoms with Gasteiger partial charge in [-0.3, -0.25) is 4.79 Å². The van der Waals surface area contributed by atoms with Gasteiger partial charge in [-0.25, -0.2) is 0 Å². The molecule has 0 saturated heterocycles. The summed E-state index contributed by atoms with van der Waals surface area (Å²) >= 11 is 0. The van der Waals surface area contributed by atoms with Crippen LogP contribution in [0.1, 0.15) is 27.2 Å². The first-order valence-electron chi connectivity index (χ1n) is 5.02. The lowest BCUT2D eigenvalue weighted by molar-refractivity contribution is -0.124. The Hall–Kier alpha value is -0.650. The van der Waals surface area contributed by atoms with Crippen LogP contribution < -0.4 is 11.5 Å². The first-order chi connectivity index (χ1) is 6.79. The van der Waals surface area contributed by atoms with E-state index in [0.29, 0.717) is 13.0 Å². The van der Waals surface area contributed by atoms with E-state index in [1.54, 1.807) is 14.0 Å². The first-order valence-corrected chi connectivity index (χ1v) is 5.02. The second-order valence-corrected chi connectivity index (χ2v) is 4.20. The summed E-state index contributed by atoms with van der Waals surface area (Å²) in [6.07, 6.45) is 0.252. The summed E-state index contributed by atoms with van der Waals surface area (Å²) in [5, 5.41) is 0. The van der Waals surface area contributed by atoms with E-state index in [-0.39, 0.29) is 12.2 Å². The molecule has 0 aromatic rings. The minimum absolute atomic E-state index is 0.0197. The Kier molecular flexibility index (Phi) is 5.79. The van der Waals surface area contributed by atoms with Gasteiger partial charge >= 0.3 is 0 Å². The molecule has 3 atom stereocenters. The highest BCUT2D eigenvalue weighted by Crippen LogP contribution is 2.12. The Morgan fingerprint density at radius 1 is 1.40 bits per heavy atom. The van der Waals surface area contributed by atoms with Crippen molar-refractivity contribution in [2.45, 2.75) is 44.9 Å². The third-order valence-electron chi connectivity index (χ3n) is 2.14. The van der Waals surface area contributed by atoms with Gasteiger partial charge in [-0.2, -0.15) is 0 Å². The molecule has 0 aliphatic heterocycles. The van der Waals surface area contributed by atoms with Crippen LogP contribution in [0.15, 0.2) is 0 Å². The van der Waals surface area contributed by atoms with Crippen LogP contribution in [0.4, 0.5) is 0 Å². The van der Waals surface area contributed by atoms with Crippen LogP contribution in [0, 0.1) is 0 Å². The Balaban J connectivity index is 4.02. The smallest absolute Gasteiger partial charge is 0.237 e. The zero-order valence-electron chi connectivity index (χ0n) is 9.95. The summed E-state index contributed by atoms with van der Waals surface area (Å²) in [6, 6.07) is 0. The van der Waals surface area contributed by atoms with Crippen molar-refractivity contribution in [3.63, 3.8) is 0 Å². The molecule has 0 saturated carbocycles. The van der Waals surface area contributed by atoms with Gasteiger partial charge in [0.25, 0.3) is 0 Å². The molecule has 0 heterocycles. The molecule has 0 aromatic carbocycles. The number of rotatable bonds is 7. The lowest BCUT2D eigenvalue weighted by Crippen LogP contribution is -2.51. The lowest BCUT2D eigenvalue weighted by atomic mass is 9.95. The molecule has 90 valence electrons. The number of primary amides is 1. The third kappa shape index (κ3) is 5.71. The summed E-state index contributed by atoms with van der Waals surface area (Å²) < 4.78 is 10.5. The molecular formula is C10H22N2O3. The minimum atomic E-state index is -1.02. The van der Waals surface area contributed by atoms with E-state index in [1.165, 1.54) is 0 Å². The molecule has 0 aliphatic rings. The molecule has 0 bridgehead atoms. The highest BCUT2D eigenvalue weighted by atomic mass is 16.5. The molecule has 15 heavy (non-hydrogen) atoms. The second-order valence-electron chi connectivity index (χ2n) is 4.20. The van der Waals surface area contributed by atoms with Gasteiger partial charge in [0.2, 0.25) is 5.91 Å². The first kappa shape index (κ1) is 14.3. The summed E-state index contributed by atoms with van der Waals surface area (Å²) in [6.45, 7) is 5.89. The van der Waals surface area contributed by atoms with E-state index in [1.807, 2.05) is 13.8 Å². The lowest BCUT2D eigenvalue weighted by Gasteiger charge is -2.26. The largest absolute Gasteiger partial charge is 0.382 e. The zero-order valence-corrected chi connectivity index (χ0v) is 9.95. The van der Waals surface area contributed by atoms with Crippen LogP contribution in [-0.4, -0.2) is 37.4 Å². The number of ether oxygens (including phenoxy) is 2. The van der Waals surface area contributed by atoms with Crippen LogP contribution in [0.3, 0.4) is 0 Å². The highest BCUT2D eigenvalue weighted by Gasteiger charge is 2.28. The van der Waals surface area contributed by atoms with E-state index in [2.05, 4.69) is 0 Å². The number of carbonyl (C=O) groups excluding carboxylic acids is 1. The van der Waals surface area contributed by atoms with Crippen LogP contribution in [0.25, 0.3) is 0 Å². The number of hydrogen-bond donors (Lipinski definition) is 2. The van der Waals surface area contributed by atoms with Gasteiger partial charge in [-0.05, 0) is 27.2 Å². The van der Waals surface area contributed by atoms with Crippen LogP contribution in [0.5, 0.6) is 0 Å². The quantitative estimate of drug-likeness (QED) is 0.630. The van der Waals surface area contributed by atoms with Gasteiger partial charge in [-0.15, -0.1) is 0 Å². The molecule has 4 N–H and O–H groups in total. The topological polar surface area (TPSA) is 87.6 Å². The fourth-order valence-electron chi connectivity index (χ4n) is 1.42. The van der Waals surface area contributed by atoms with Gasteiger partial charge in [0, 0.05) is 7.11 Å². The van der Waals surface area contributed by atoms with Crippen LogP contribution >= 0.6 is 0 Å². The highest BCUT2D eigenvalue weighted by molar-refractivity contribution is 5.83. The standard InChI is InChI=1S/C10H22N2O3/c1-7(15-8(2)6-14-4)5-10(3,12)9(11)13/h7-8H,5-6,12H2,1-4H3,(H2,11,13). The van der Waals surface area contributed by atoms with Gasteiger partial charge < -0.3 is 20.9 Å². The van der Waals surface area contributed by atoms with E-state index < -0.39 is 11.4 Å². The van der Waals surface area contributed by atoms with Gasteiger partial charge in [0.05, 0.1) is 24.4 Å². The number of methoxy groups -OCH3 is 1. The minimum Gasteiger partial charge on any atom is -0.382 e. The number of hydrogen-bond acceptors (Lipinski definition) is 4. The predicted molar refractivity (Wildman–Crippen MR) is 58.3 cm³/mol. The predicted octanol–water partition coefficient (Wildman–Crippen LogP) is 0.0192. The molecule has 1 amide bonds. The van der Waals surface area contributed by atoms with Crippen molar-refractivity contribution in [3.05, 3.63) is 0 Å². The second kappa shape index (κ2) is 6.05. The van der Waals surface area contributed by atoms with Crippen molar-refractivity contribution < 1.29 is 14.3 Å². The molecular weight excluding hydrogens is 196 g/mol. The molecule has 5 heteroatoms. The van der Waals surface area contributed by atoms with Crippen LogP contribution in [0.2, 0.25) is 0 Å². The zero-order chi connectivity index (χ0) is 12.1. The molecule has 0 rings (SSSR count). The fraction of sp³-hybridized carbons (Fsp3) is 0.900. The van der Waals surface area contributed by atoms with Crippen molar-refractivity contribution in [2.75, 3.05) is 13.7 Å². The molecule has 0 aromatic heterocycles. The van der Waals surface area contributed by atoms with Gasteiger partial charge in [0.1, 0.15) is 0 Å². The van der Waals surface area contributed by atoms with E-state index in [4.69, 9.17) is 20.9 Å². The van der Waals surface area contributed by atoms with E-state index >= 15 is 0 Å². The van der Waals surface area contributed by atoms with Crippen molar-refractivity contribution >= 4 is 5.91 Å². The van der Waals surface area contributed by atoms with Crippen molar-refractivity contribution in [1.82, 2.24) is 0 Å². The maximum absolute atomic E-state index is 11.0. The summed E-state index contributed by atoms with van der Waals surface area (Å²) in [7, 11) is 1.61. The summed E-state index contributed by atoms with van der Waals surface area (Å²) in [4.78, 5) is 11.0. The van der Waals surface area contributed by atoms with Gasteiger partial charge in [-0.1, -0.05) is 0 Å². The Labute approximate surface area is 91.1 Å². The molecule has 0 aliphatic carbocycles. The number of carbonyl (C=O) groups is 1. The van der Waals surface area contributed by atoms with Crippen molar-refractivity contribution in [1.29, 1.82) is 0 Å². The molecule has 3 unspecified atom stereocenters. The average Bonchev–Trinajstić information content (AvgIpc) is 2.02. The SMILES string of the molecule is COCC(C)OC(C)CC(C)(N)C(N)=O. The average molecular weight is 218 g/mol. The van der Waals surface area contributed by atoms with Crippen molar-refractivity contribution in [2.24, 2.45) is 11.5 Å². The Morgan fingerprint density at radius 3 is 2.33 bits per heavy atom. The summed E-state index contributed by atoms with van der Waals surface area (Å²) in [5.41, 5.74) is 9.87. The molecule has 0 spiro atoms. The fourth-order valence-corrected chi connectivity index (χ4v) is 1.42. The normalized spacial score (nSPS) is 19.3. The molecule has 5 nitrogen and oxygen atoms in total. The number of amides is 1. The summed E-state index contributed by atoms with van der Waals surface area (Å²) in [5.74, 6) is -0.516. The van der Waals surface area contributed by atoms with E-state index in [9.17, 15) is 4.79 Å². The van der Waals surface area contributed by atoms with Gasteiger partial charge in [0.15, 0.2) is 0 Å². The van der Waals surface area contributed by atoms with Crippen LogP contribution in [-0.2, 0) is 14.3 Å². The Bertz CT molecular complexity index is 207. The number of nitrogens with two attached hydrogens (primary N) is 2. The maximum Gasteiger partial charge on any atom is 0.237 e. The van der Waals surface area contributed by atoms with Crippen molar-refractivity contribution in [3.8, 4) is 0 Å². The maximum atomic E-state index is 11.0. The third-order valence-corrected chi connectivity index (χ3v) is 2.14. The Morgan fingerprint density at radius 2 is 1.93 bits per heavy atom. The monoisotopic (exact) mass is 218 g/mol. The molecule has 0 radical (unpaired) electrons. The van der Waals surface area contributed by atoms with E-state index in [0.717, 1.165) is 0 Å².